The number of hydrogen-bond acceptors (Lipinski definition) is 2. The molecule has 1 fully saturated rings. The summed E-state index contributed by atoms with van der Waals surface area (Å²) in [5, 5.41) is 3.73. The van der Waals surface area contributed by atoms with Gasteiger partial charge < -0.3 is 11.1 Å². The molecule has 0 saturated heterocycles. The van der Waals surface area contributed by atoms with Gasteiger partial charge in [-0.25, -0.2) is 0 Å². The van der Waals surface area contributed by atoms with Crippen LogP contribution in [0, 0.1) is 18.3 Å². The monoisotopic (exact) mass is 246 g/mol. The molecular weight excluding hydrogens is 220 g/mol. The van der Waals surface area contributed by atoms with E-state index in [4.69, 9.17) is 5.73 Å². The van der Waals surface area contributed by atoms with Gasteiger partial charge in [-0.2, -0.15) is 0 Å². The second-order valence-corrected chi connectivity index (χ2v) is 6.80. The molecule has 18 heavy (non-hydrogen) atoms. The van der Waals surface area contributed by atoms with Gasteiger partial charge in [-0.1, -0.05) is 32.9 Å². The maximum atomic E-state index is 6.10. The highest BCUT2D eigenvalue weighted by Crippen LogP contribution is 2.48. The highest BCUT2D eigenvalue weighted by atomic mass is 15.0. The fraction of sp³-hybridized carbons (Fsp3) is 0.625. The standard InChI is InChI=1S/C16H26N2/c1-12-6-5-7-14(8-12)18-16(11-17)10-15(3,4)9-13(16)2/h5-8,13,18H,9-11,17H2,1-4H3. The van der Waals surface area contributed by atoms with Crippen LogP contribution >= 0.6 is 0 Å². The van der Waals surface area contributed by atoms with Crippen molar-refractivity contribution in [3.05, 3.63) is 29.8 Å². The maximum absolute atomic E-state index is 6.10. The minimum absolute atomic E-state index is 0.0529. The fourth-order valence-electron chi connectivity index (χ4n) is 3.63. The Morgan fingerprint density at radius 2 is 2.11 bits per heavy atom. The Hall–Kier alpha value is -1.02. The van der Waals surface area contributed by atoms with Crippen molar-refractivity contribution in [3.63, 3.8) is 0 Å². The molecule has 2 heteroatoms. The SMILES string of the molecule is Cc1cccc(NC2(CN)CC(C)(C)CC2C)c1. The molecule has 1 aromatic rings. The summed E-state index contributed by atoms with van der Waals surface area (Å²) in [4.78, 5) is 0. The van der Waals surface area contributed by atoms with Gasteiger partial charge in [0, 0.05) is 12.2 Å². The lowest BCUT2D eigenvalue weighted by Gasteiger charge is -2.35. The maximum Gasteiger partial charge on any atom is 0.0526 e. The molecule has 3 N–H and O–H groups in total. The molecule has 1 aliphatic carbocycles. The molecule has 2 atom stereocenters. The third kappa shape index (κ3) is 2.54. The van der Waals surface area contributed by atoms with Gasteiger partial charge in [-0.15, -0.1) is 0 Å². The lowest BCUT2D eigenvalue weighted by atomic mass is 9.86. The lowest BCUT2D eigenvalue weighted by molar-refractivity contribution is 0.350. The molecule has 100 valence electrons. The average molecular weight is 246 g/mol. The van der Waals surface area contributed by atoms with E-state index in [2.05, 4.69) is 57.3 Å². The van der Waals surface area contributed by atoms with Gasteiger partial charge in [0.1, 0.15) is 0 Å². The molecule has 2 rings (SSSR count). The number of rotatable bonds is 3. The second kappa shape index (κ2) is 4.58. The Morgan fingerprint density at radius 1 is 1.39 bits per heavy atom. The van der Waals surface area contributed by atoms with Crippen LogP contribution in [0.3, 0.4) is 0 Å². The van der Waals surface area contributed by atoms with Crippen LogP contribution in [0.25, 0.3) is 0 Å². The summed E-state index contributed by atoms with van der Waals surface area (Å²) in [6.07, 6.45) is 2.38. The number of benzene rings is 1. The summed E-state index contributed by atoms with van der Waals surface area (Å²) in [7, 11) is 0. The molecule has 0 amide bonds. The Morgan fingerprint density at radius 3 is 2.61 bits per heavy atom. The van der Waals surface area contributed by atoms with Crippen LogP contribution in [0.4, 0.5) is 5.69 Å². The lowest BCUT2D eigenvalue weighted by Crippen LogP contribution is -2.48. The van der Waals surface area contributed by atoms with Crippen molar-refractivity contribution in [3.8, 4) is 0 Å². The molecule has 0 heterocycles. The molecule has 1 aliphatic rings. The normalized spacial score (nSPS) is 30.4. The summed E-state index contributed by atoms with van der Waals surface area (Å²) >= 11 is 0. The number of nitrogens with one attached hydrogen (secondary N) is 1. The van der Waals surface area contributed by atoms with Crippen molar-refractivity contribution in [1.29, 1.82) is 0 Å². The Labute approximate surface area is 111 Å². The topological polar surface area (TPSA) is 38.0 Å². The number of nitrogens with two attached hydrogens (primary N) is 1. The molecule has 0 radical (unpaired) electrons. The van der Waals surface area contributed by atoms with Crippen molar-refractivity contribution in [2.75, 3.05) is 11.9 Å². The van der Waals surface area contributed by atoms with E-state index in [0.29, 0.717) is 17.9 Å². The Balaban J connectivity index is 2.24. The van der Waals surface area contributed by atoms with Gasteiger partial charge in [-0.3, -0.25) is 0 Å². The van der Waals surface area contributed by atoms with Crippen molar-refractivity contribution in [2.24, 2.45) is 17.1 Å². The largest absolute Gasteiger partial charge is 0.378 e. The van der Waals surface area contributed by atoms with Gasteiger partial charge in [0.2, 0.25) is 0 Å². The zero-order chi connectivity index (χ0) is 13.4. The summed E-state index contributed by atoms with van der Waals surface area (Å²) in [6.45, 7) is 9.84. The minimum atomic E-state index is 0.0529. The van der Waals surface area contributed by atoms with E-state index in [9.17, 15) is 0 Å². The first-order chi connectivity index (χ1) is 8.37. The first-order valence-electron chi connectivity index (χ1n) is 6.92. The van der Waals surface area contributed by atoms with Crippen LogP contribution < -0.4 is 11.1 Å². The number of anilines is 1. The predicted molar refractivity (Wildman–Crippen MR) is 78.8 cm³/mol. The number of aryl methyl sites for hydroxylation is 1. The smallest absolute Gasteiger partial charge is 0.0526 e. The van der Waals surface area contributed by atoms with Crippen LogP contribution in [-0.4, -0.2) is 12.1 Å². The fourth-order valence-corrected chi connectivity index (χ4v) is 3.63. The summed E-state index contributed by atoms with van der Waals surface area (Å²) in [5.74, 6) is 0.609. The Bertz CT molecular complexity index is 425. The van der Waals surface area contributed by atoms with E-state index < -0.39 is 0 Å². The zero-order valence-corrected chi connectivity index (χ0v) is 12.1. The third-order valence-electron chi connectivity index (χ3n) is 4.37. The van der Waals surface area contributed by atoms with Crippen molar-refractivity contribution >= 4 is 5.69 Å². The molecule has 0 aromatic heterocycles. The molecule has 2 nitrogen and oxygen atoms in total. The highest BCUT2D eigenvalue weighted by molar-refractivity contribution is 5.48. The molecule has 1 aromatic carbocycles. The molecule has 1 saturated carbocycles. The van der Waals surface area contributed by atoms with Crippen molar-refractivity contribution in [1.82, 2.24) is 0 Å². The molecule has 0 spiro atoms. The number of hydrogen-bond donors (Lipinski definition) is 2. The first kappa shape index (κ1) is 13.4. The first-order valence-corrected chi connectivity index (χ1v) is 6.92. The summed E-state index contributed by atoms with van der Waals surface area (Å²) in [6, 6.07) is 8.58. The van der Waals surface area contributed by atoms with Crippen LogP contribution in [-0.2, 0) is 0 Å². The van der Waals surface area contributed by atoms with Gasteiger partial charge in [-0.05, 0) is 48.8 Å². The molecule has 2 unspecified atom stereocenters. The average Bonchev–Trinajstić information content (AvgIpc) is 2.49. The van der Waals surface area contributed by atoms with Crippen LogP contribution in [0.15, 0.2) is 24.3 Å². The molecule has 0 aliphatic heterocycles. The van der Waals surface area contributed by atoms with Crippen molar-refractivity contribution in [2.45, 2.75) is 46.1 Å². The quantitative estimate of drug-likeness (QED) is 0.856. The van der Waals surface area contributed by atoms with E-state index >= 15 is 0 Å². The summed E-state index contributed by atoms with van der Waals surface area (Å²) in [5.41, 5.74) is 9.03. The van der Waals surface area contributed by atoms with Gasteiger partial charge in [0.15, 0.2) is 0 Å². The van der Waals surface area contributed by atoms with Gasteiger partial charge in [0.25, 0.3) is 0 Å². The molecular formula is C16H26N2. The van der Waals surface area contributed by atoms with E-state index in [0.717, 1.165) is 6.42 Å². The highest BCUT2D eigenvalue weighted by Gasteiger charge is 2.47. The van der Waals surface area contributed by atoms with Crippen LogP contribution in [0.2, 0.25) is 0 Å². The second-order valence-electron chi connectivity index (χ2n) is 6.80. The van der Waals surface area contributed by atoms with Crippen molar-refractivity contribution < 1.29 is 0 Å². The van der Waals surface area contributed by atoms with E-state index in [-0.39, 0.29) is 5.54 Å². The van der Waals surface area contributed by atoms with E-state index in [1.807, 2.05) is 0 Å². The van der Waals surface area contributed by atoms with Crippen LogP contribution in [0.5, 0.6) is 0 Å². The minimum Gasteiger partial charge on any atom is -0.378 e. The summed E-state index contributed by atoms with van der Waals surface area (Å²) < 4.78 is 0. The Kier molecular flexibility index (Phi) is 3.41. The molecule has 0 bridgehead atoms. The predicted octanol–water partition coefficient (Wildman–Crippen LogP) is 3.56. The van der Waals surface area contributed by atoms with Gasteiger partial charge in [0.05, 0.1) is 5.54 Å². The third-order valence-corrected chi connectivity index (χ3v) is 4.37. The van der Waals surface area contributed by atoms with E-state index in [1.54, 1.807) is 0 Å². The van der Waals surface area contributed by atoms with Crippen LogP contribution in [0.1, 0.15) is 39.2 Å². The van der Waals surface area contributed by atoms with E-state index in [1.165, 1.54) is 17.7 Å². The van der Waals surface area contributed by atoms with Gasteiger partial charge >= 0.3 is 0 Å². The zero-order valence-electron chi connectivity index (χ0n) is 12.1.